The Hall–Kier alpha value is -2.63. The minimum Gasteiger partial charge on any atom is -0.459 e. The summed E-state index contributed by atoms with van der Waals surface area (Å²) in [6.07, 6.45) is 12.9. The maximum Gasteiger partial charge on any atom is 0.322 e. The van der Waals surface area contributed by atoms with Gasteiger partial charge in [-0.1, -0.05) is 72.1 Å². The van der Waals surface area contributed by atoms with Crippen LogP contribution in [0.1, 0.15) is 162 Å². The SMILES string of the molecule is CC(=O)O[C@H]1CC2(C)C(C)(C)CCC[C@]2(C)c2ccc3c(c21)C1(CCC=C(C)C1C[C@H]1[C@]2(C)CCC4C(C)(C)CCC[C@@]41C(=O)O2)C(=O)O3. The van der Waals surface area contributed by atoms with Gasteiger partial charge in [0, 0.05) is 29.9 Å². The van der Waals surface area contributed by atoms with Crippen LogP contribution in [0.2, 0.25) is 0 Å². The van der Waals surface area contributed by atoms with E-state index in [0.717, 1.165) is 68.9 Å². The van der Waals surface area contributed by atoms with Gasteiger partial charge in [0.25, 0.3) is 0 Å². The highest BCUT2D eigenvalue weighted by atomic mass is 16.6. The number of fused-ring (bicyclic) bond motifs is 7. The predicted octanol–water partition coefficient (Wildman–Crippen LogP) is 9.61. The lowest BCUT2D eigenvalue weighted by Gasteiger charge is -2.63. The monoisotopic (exact) mass is 670 g/mol. The number of rotatable bonds is 3. The van der Waals surface area contributed by atoms with Gasteiger partial charge in [0.15, 0.2) is 0 Å². The van der Waals surface area contributed by atoms with Crippen LogP contribution in [0.3, 0.4) is 0 Å². The molecule has 0 aromatic heterocycles. The molecule has 1 saturated heterocycles. The van der Waals surface area contributed by atoms with Crippen molar-refractivity contribution in [2.75, 3.05) is 0 Å². The molecule has 6 heteroatoms. The number of allylic oxidation sites excluding steroid dienone is 2. The van der Waals surface area contributed by atoms with Crippen LogP contribution in [-0.4, -0.2) is 23.5 Å². The molecule has 4 unspecified atom stereocenters. The summed E-state index contributed by atoms with van der Waals surface area (Å²) in [6, 6.07) is 4.24. The second-order valence-electron chi connectivity index (χ2n) is 19.5. The highest BCUT2D eigenvalue weighted by molar-refractivity contribution is 5.93. The molecule has 7 aliphatic rings. The van der Waals surface area contributed by atoms with Crippen molar-refractivity contribution < 1.29 is 28.6 Å². The maximum atomic E-state index is 14.8. The van der Waals surface area contributed by atoms with Crippen LogP contribution in [0, 0.1) is 39.4 Å². The third-order valence-electron chi connectivity index (χ3n) is 16.8. The van der Waals surface area contributed by atoms with Crippen molar-refractivity contribution in [2.24, 2.45) is 39.4 Å². The first kappa shape index (κ1) is 33.5. The Morgan fingerprint density at radius 1 is 0.918 bits per heavy atom. The molecule has 0 N–H and O–H groups in total. The van der Waals surface area contributed by atoms with Gasteiger partial charge < -0.3 is 14.2 Å². The lowest BCUT2D eigenvalue weighted by atomic mass is 9.41. The molecular weight excluding hydrogens is 612 g/mol. The number of carbonyl (C=O) groups excluding carboxylic acids is 3. The fraction of sp³-hybridized carbons (Fsp3) is 0.744. The van der Waals surface area contributed by atoms with Crippen molar-refractivity contribution >= 4 is 17.9 Å². The molecule has 0 radical (unpaired) electrons. The van der Waals surface area contributed by atoms with Crippen LogP contribution < -0.4 is 4.74 Å². The summed E-state index contributed by atoms with van der Waals surface area (Å²) in [7, 11) is 0. The molecule has 6 nitrogen and oxygen atoms in total. The largest absolute Gasteiger partial charge is 0.459 e. The van der Waals surface area contributed by atoms with E-state index in [9.17, 15) is 14.4 Å². The molecule has 4 fully saturated rings. The van der Waals surface area contributed by atoms with Gasteiger partial charge in [-0.2, -0.15) is 0 Å². The fourth-order valence-electron chi connectivity index (χ4n) is 13.9. The smallest absolute Gasteiger partial charge is 0.322 e. The van der Waals surface area contributed by atoms with Crippen molar-refractivity contribution in [2.45, 2.75) is 162 Å². The molecule has 2 heterocycles. The van der Waals surface area contributed by atoms with E-state index in [-0.39, 0.29) is 57.3 Å². The number of hydrogen-bond acceptors (Lipinski definition) is 6. The molecular formula is C43H58O6. The first-order chi connectivity index (χ1) is 22.9. The lowest BCUT2D eigenvalue weighted by molar-refractivity contribution is -0.157. The fourth-order valence-corrected chi connectivity index (χ4v) is 13.9. The standard InChI is InChI=1S/C43H58O6/c1-25-13-10-20-42(28(25)23-32-40(8)22-16-31-37(3,4)17-11-21-43(31,32)36(46)49-40)34-29(48-35(42)45)15-14-27-33(34)30(47-26(2)44)24-41(9)38(5,6)18-12-19-39(27,41)7/h13-15,28,30-32H,10-12,16-24H2,1-9H3/t28?,30-,31?,32-,39+,40-,41?,42?,43+/m0/s1. The molecule has 2 aliphatic heterocycles. The zero-order chi connectivity index (χ0) is 35.2. The Bertz CT molecular complexity index is 1680. The number of hydrogen-bond donors (Lipinski definition) is 0. The molecule has 5 aliphatic carbocycles. The van der Waals surface area contributed by atoms with Crippen LogP contribution in [0.25, 0.3) is 0 Å². The van der Waals surface area contributed by atoms with E-state index in [1.807, 2.05) is 6.07 Å². The second kappa shape index (κ2) is 10.2. The molecule has 1 aromatic rings. The van der Waals surface area contributed by atoms with E-state index in [1.165, 1.54) is 18.1 Å². The van der Waals surface area contributed by atoms with Crippen LogP contribution in [0.5, 0.6) is 5.75 Å². The van der Waals surface area contributed by atoms with Gasteiger partial charge >= 0.3 is 17.9 Å². The van der Waals surface area contributed by atoms with E-state index in [1.54, 1.807) is 0 Å². The Labute approximate surface area is 293 Å². The van der Waals surface area contributed by atoms with Crippen molar-refractivity contribution in [3.8, 4) is 5.75 Å². The molecule has 9 atom stereocenters. The van der Waals surface area contributed by atoms with Gasteiger partial charge in [0.05, 0.1) is 5.41 Å². The number of ether oxygens (including phenoxy) is 3. The summed E-state index contributed by atoms with van der Waals surface area (Å²) < 4.78 is 19.2. The van der Waals surface area contributed by atoms with Crippen LogP contribution in [0.15, 0.2) is 23.8 Å². The van der Waals surface area contributed by atoms with E-state index in [0.29, 0.717) is 25.0 Å². The first-order valence-electron chi connectivity index (χ1n) is 19.4. The van der Waals surface area contributed by atoms with E-state index < -0.39 is 22.5 Å². The number of esters is 3. The number of benzene rings is 1. The van der Waals surface area contributed by atoms with Crippen LogP contribution in [0.4, 0.5) is 0 Å². The average Bonchev–Trinajstić information content (AvgIpc) is 3.33. The van der Waals surface area contributed by atoms with Crippen molar-refractivity contribution in [3.05, 3.63) is 40.5 Å². The molecule has 0 amide bonds. The topological polar surface area (TPSA) is 78.9 Å². The summed E-state index contributed by atoms with van der Waals surface area (Å²) in [6.45, 7) is 20.2. The Morgan fingerprint density at radius 2 is 1.65 bits per heavy atom. The predicted molar refractivity (Wildman–Crippen MR) is 188 cm³/mol. The number of carbonyl (C=O) groups is 3. The summed E-state index contributed by atoms with van der Waals surface area (Å²) in [4.78, 5) is 41.9. The molecule has 266 valence electrons. The molecule has 2 bridgehead atoms. The van der Waals surface area contributed by atoms with Crippen molar-refractivity contribution in [3.63, 3.8) is 0 Å². The van der Waals surface area contributed by atoms with Gasteiger partial charge in [0.2, 0.25) is 0 Å². The molecule has 8 rings (SSSR count). The van der Waals surface area contributed by atoms with E-state index in [2.05, 4.69) is 67.5 Å². The van der Waals surface area contributed by atoms with Gasteiger partial charge in [-0.05, 0) is 117 Å². The summed E-state index contributed by atoms with van der Waals surface area (Å²) in [5.74, 6) is 0.270. The second-order valence-corrected chi connectivity index (χ2v) is 19.5. The minimum atomic E-state index is -0.918. The molecule has 49 heavy (non-hydrogen) atoms. The van der Waals surface area contributed by atoms with E-state index >= 15 is 0 Å². The molecule has 3 saturated carbocycles. The summed E-state index contributed by atoms with van der Waals surface area (Å²) in [5, 5.41) is 0. The van der Waals surface area contributed by atoms with Gasteiger partial charge in [-0.3, -0.25) is 14.4 Å². The Balaban J connectivity index is 1.32. The van der Waals surface area contributed by atoms with Crippen LogP contribution in [-0.2, 0) is 34.7 Å². The van der Waals surface area contributed by atoms with Gasteiger partial charge in [-0.15, -0.1) is 0 Å². The summed E-state index contributed by atoms with van der Waals surface area (Å²) >= 11 is 0. The zero-order valence-electron chi connectivity index (χ0n) is 31.5. The summed E-state index contributed by atoms with van der Waals surface area (Å²) in [5.41, 5.74) is 2.23. The third kappa shape index (κ3) is 4.04. The normalized spacial score (nSPS) is 44.1. The van der Waals surface area contributed by atoms with Gasteiger partial charge in [-0.25, -0.2) is 0 Å². The van der Waals surface area contributed by atoms with Crippen molar-refractivity contribution in [1.29, 1.82) is 0 Å². The van der Waals surface area contributed by atoms with Crippen molar-refractivity contribution in [1.82, 2.24) is 0 Å². The lowest BCUT2D eigenvalue weighted by Crippen LogP contribution is -2.58. The average molecular weight is 671 g/mol. The highest BCUT2D eigenvalue weighted by Crippen LogP contribution is 2.72. The molecule has 2 spiro atoms. The quantitative estimate of drug-likeness (QED) is 0.181. The highest BCUT2D eigenvalue weighted by Gasteiger charge is 2.72. The molecule has 1 aromatic carbocycles. The minimum absolute atomic E-state index is 0.00408. The van der Waals surface area contributed by atoms with Gasteiger partial charge in [0.1, 0.15) is 22.9 Å². The first-order valence-corrected chi connectivity index (χ1v) is 19.4. The Morgan fingerprint density at radius 3 is 2.39 bits per heavy atom. The van der Waals surface area contributed by atoms with Crippen LogP contribution >= 0.6 is 0 Å². The maximum absolute atomic E-state index is 14.8. The Kier molecular flexibility index (Phi) is 7.01. The zero-order valence-corrected chi connectivity index (χ0v) is 31.5. The van der Waals surface area contributed by atoms with E-state index in [4.69, 9.17) is 14.2 Å². The third-order valence-corrected chi connectivity index (χ3v) is 16.8.